The molecule has 0 amide bonds. The summed E-state index contributed by atoms with van der Waals surface area (Å²) < 4.78 is 0. The molecule has 6 atom stereocenters. The maximum atomic E-state index is 12.8. The second-order valence-corrected chi connectivity index (χ2v) is 12.9. The number of hydrogen-bond donors (Lipinski definition) is 1. The summed E-state index contributed by atoms with van der Waals surface area (Å²) in [5.74, 6) is 2.32. The summed E-state index contributed by atoms with van der Waals surface area (Å²) in [6.45, 7) is 16.7. The Kier molecular flexibility index (Phi) is 5.97. The van der Waals surface area contributed by atoms with Gasteiger partial charge in [0.15, 0.2) is 0 Å². The summed E-state index contributed by atoms with van der Waals surface area (Å²) in [7, 11) is 0. The first-order chi connectivity index (χ1) is 14.9. The lowest BCUT2D eigenvalue weighted by atomic mass is 9.44. The normalized spacial score (nSPS) is 41.9. The average molecular weight is 439 g/mol. The quantitative estimate of drug-likeness (QED) is 0.453. The lowest BCUT2D eigenvalue weighted by Gasteiger charge is -2.59. The van der Waals surface area contributed by atoms with E-state index in [9.17, 15) is 9.90 Å². The van der Waals surface area contributed by atoms with Crippen LogP contribution in [-0.4, -0.2) is 17.5 Å². The molecule has 0 saturated heterocycles. The Morgan fingerprint density at radius 3 is 2.56 bits per heavy atom. The first-order valence-electron chi connectivity index (χ1n) is 13.1. The molecule has 0 heterocycles. The van der Waals surface area contributed by atoms with Crippen LogP contribution >= 0.6 is 0 Å². The molecule has 2 fully saturated rings. The molecule has 0 unspecified atom stereocenters. The Balaban J connectivity index is 1.63. The zero-order chi connectivity index (χ0) is 23.5. The van der Waals surface area contributed by atoms with Gasteiger partial charge in [0.25, 0.3) is 0 Å². The molecule has 0 spiro atoms. The van der Waals surface area contributed by atoms with Crippen molar-refractivity contribution in [2.75, 3.05) is 6.61 Å². The van der Waals surface area contributed by atoms with Crippen molar-refractivity contribution in [1.29, 1.82) is 0 Å². The van der Waals surface area contributed by atoms with Gasteiger partial charge in [-0.1, -0.05) is 65.3 Å². The molecule has 0 radical (unpaired) electrons. The van der Waals surface area contributed by atoms with E-state index in [4.69, 9.17) is 0 Å². The highest BCUT2D eigenvalue weighted by Gasteiger charge is 2.63. The Labute approximate surface area is 196 Å². The zero-order valence-electron chi connectivity index (χ0n) is 21.7. The number of hydrogen-bond acceptors (Lipinski definition) is 2. The van der Waals surface area contributed by atoms with E-state index in [1.807, 2.05) is 6.92 Å². The van der Waals surface area contributed by atoms with E-state index in [1.54, 1.807) is 11.1 Å². The van der Waals surface area contributed by atoms with Crippen molar-refractivity contribution < 1.29 is 9.90 Å². The Morgan fingerprint density at radius 2 is 1.88 bits per heavy atom. The fourth-order valence-electron chi connectivity index (χ4n) is 8.62. The fourth-order valence-corrected chi connectivity index (χ4v) is 8.62. The van der Waals surface area contributed by atoms with Crippen molar-refractivity contribution in [3.63, 3.8) is 0 Å². The lowest BCUT2D eigenvalue weighted by Crippen LogP contribution is -2.53. The number of carbonyl (C=O) groups excluding carboxylic acids is 1. The van der Waals surface area contributed by atoms with E-state index in [-0.39, 0.29) is 22.9 Å². The van der Waals surface area contributed by atoms with Gasteiger partial charge in [-0.15, -0.1) is 0 Å². The van der Waals surface area contributed by atoms with E-state index in [0.29, 0.717) is 23.0 Å². The third kappa shape index (κ3) is 3.26. The van der Waals surface area contributed by atoms with E-state index in [1.165, 1.54) is 25.7 Å². The van der Waals surface area contributed by atoms with Gasteiger partial charge in [0.1, 0.15) is 5.78 Å². The molecular formula is C30H46O2. The monoisotopic (exact) mass is 438 g/mol. The maximum Gasteiger partial charge on any atom is 0.138 e. The van der Waals surface area contributed by atoms with Crippen molar-refractivity contribution in [2.24, 2.45) is 39.4 Å². The Morgan fingerprint density at radius 1 is 1.16 bits per heavy atom. The van der Waals surface area contributed by atoms with Gasteiger partial charge < -0.3 is 5.11 Å². The maximum absolute atomic E-state index is 12.8. The number of aliphatic hydroxyl groups is 1. The van der Waals surface area contributed by atoms with Gasteiger partial charge in [-0.25, -0.2) is 0 Å². The largest absolute Gasteiger partial charge is 0.392 e. The average Bonchev–Trinajstić information content (AvgIpc) is 3.02. The predicted octanol–water partition coefficient (Wildman–Crippen LogP) is 7.44. The van der Waals surface area contributed by atoms with Gasteiger partial charge in [-0.2, -0.15) is 0 Å². The fraction of sp³-hybridized carbons (Fsp3) is 0.767. The SMILES string of the molecule is C/C(=C\CC[C@@H](C)[C@H]1CC[C@@]2(C)C3=CC[C@@H]4C(C)(C)C(=O)CC[C@]4(C)C3=CC[C@]12C)CO. The summed E-state index contributed by atoms with van der Waals surface area (Å²) in [6, 6.07) is 0. The molecule has 4 aliphatic rings. The molecule has 0 aromatic rings. The van der Waals surface area contributed by atoms with Gasteiger partial charge in [0.05, 0.1) is 6.61 Å². The Bertz CT molecular complexity index is 873. The predicted molar refractivity (Wildman–Crippen MR) is 133 cm³/mol. The molecule has 0 aliphatic heterocycles. The first kappa shape index (κ1) is 24.0. The molecular weight excluding hydrogens is 392 g/mol. The van der Waals surface area contributed by atoms with Crippen LogP contribution in [0.5, 0.6) is 0 Å². The highest BCUT2D eigenvalue weighted by molar-refractivity contribution is 5.86. The van der Waals surface area contributed by atoms with Crippen LogP contribution in [0.1, 0.15) is 99.8 Å². The van der Waals surface area contributed by atoms with Gasteiger partial charge in [0, 0.05) is 11.8 Å². The summed E-state index contributed by atoms with van der Waals surface area (Å²) in [4.78, 5) is 12.8. The number of rotatable bonds is 5. The minimum absolute atomic E-state index is 0.141. The van der Waals surface area contributed by atoms with Crippen LogP contribution in [0.25, 0.3) is 0 Å². The van der Waals surface area contributed by atoms with Crippen LogP contribution in [0.4, 0.5) is 0 Å². The van der Waals surface area contributed by atoms with Crippen LogP contribution in [0.15, 0.2) is 34.9 Å². The number of aliphatic hydroxyl groups excluding tert-OH is 1. The van der Waals surface area contributed by atoms with Crippen LogP contribution < -0.4 is 0 Å². The molecule has 178 valence electrons. The molecule has 0 bridgehead atoms. The van der Waals surface area contributed by atoms with Crippen LogP contribution in [0, 0.1) is 39.4 Å². The summed E-state index contributed by atoms with van der Waals surface area (Å²) >= 11 is 0. The van der Waals surface area contributed by atoms with E-state index in [2.05, 4.69) is 59.8 Å². The molecule has 4 aliphatic carbocycles. The third-order valence-corrected chi connectivity index (χ3v) is 11.1. The molecule has 32 heavy (non-hydrogen) atoms. The minimum Gasteiger partial charge on any atom is -0.392 e. The molecule has 4 rings (SSSR count). The smallest absolute Gasteiger partial charge is 0.138 e. The topological polar surface area (TPSA) is 37.3 Å². The van der Waals surface area contributed by atoms with Crippen molar-refractivity contribution in [3.05, 3.63) is 34.9 Å². The van der Waals surface area contributed by atoms with Gasteiger partial charge in [-0.3, -0.25) is 4.79 Å². The number of Topliss-reactive ketones (excluding diaryl/α,β-unsaturated/α-hetero) is 1. The molecule has 1 N–H and O–H groups in total. The molecule has 2 heteroatoms. The Hall–Kier alpha value is -1.15. The number of ketones is 1. The van der Waals surface area contributed by atoms with Crippen LogP contribution in [0.2, 0.25) is 0 Å². The highest BCUT2D eigenvalue weighted by atomic mass is 16.3. The summed E-state index contributed by atoms with van der Waals surface area (Å²) in [6.07, 6.45) is 16.3. The van der Waals surface area contributed by atoms with Crippen molar-refractivity contribution in [2.45, 2.75) is 99.8 Å². The third-order valence-electron chi connectivity index (χ3n) is 11.1. The minimum atomic E-state index is -0.218. The van der Waals surface area contributed by atoms with Crippen molar-refractivity contribution in [3.8, 4) is 0 Å². The molecule has 0 aromatic heterocycles. The lowest BCUT2D eigenvalue weighted by molar-refractivity contribution is -0.138. The van der Waals surface area contributed by atoms with E-state index < -0.39 is 0 Å². The van der Waals surface area contributed by atoms with Crippen LogP contribution in [0.3, 0.4) is 0 Å². The standard InChI is InChI=1S/C30H46O2/c1-20(19-31)9-8-10-21(2)22-13-17-30(7)24-11-12-25-27(3,4)26(32)15-16-28(25,5)23(24)14-18-29(22,30)6/h9,11,14,21-22,25,31H,8,10,12-13,15-19H2,1-7H3/b20-9+/t21-,22-,25-,28-,29-,30+/m1/s1. The molecule has 2 nitrogen and oxygen atoms in total. The van der Waals surface area contributed by atoms with Crippen LogP contribution in [-0.2, 0) is 4.79 Å². The molecule has 0 aromatic carbocycles. The van der Waals surface area contributed by atoms with Crippen molar-refractivity contribution in [1.82, 2.24) is 0 Å². The highest BCUT2D eigenvalue weighted by Crippen LogP contribution is 2.71. The summed E-state index contributed by atoms with van der Waals surface area (Å²) in [5, 5.41) is 9.30. The van der Waals surface area contributed by atoms with Gasteiger partial charge in [0.2, 0.25) is 0 Å². The van der Waals surface area contributed by atoms with E-state index in [0.717, 1.165) is 37.2 Å². The first-order valence-corrected chi connectivity index (χ1v) is 13.1. The van der Waals surface area contributed by atoms with E-state index >= 15 is 0 Å². The van der Waals surface area contributed by atoms with Gasteiger partial charge >= 0.3 is 0 Å². The second-order valence-electron chi connectivity index (χ2n) is 12.9. The zero-order valence-corrected chi connectivity index (χ0v) is 21.7. The summed E-state index contributed by atoms with van der Waals surface area (Å²) in [5.41, 5.74) is 4.80. The molecule has 2 saturated carbocycles. The number of carbonyl (C=O) groups is 1. The van der Waals surface area contributed by atoms with Gasteiger partial charge in [-0.05, 0) is 97.0 Å². The number of fused-ring (bicyclic) bond motifs is 5. The second kappa shape index (κ2) is 7.97. The van der Waals surface area contributed by atoms with Crippen molar-refractivity contribution >= 4 is 5.78 Å². The number of allylic oxidation sites excluding steroid dienone is 5.